The molecule has 1 atom stereocenters. The molecular formula is C14H17N3O3. The van der Waals surface area contributed by atoms with E-state index < -0.39 is 12.0 Å². The van der Waals surface area contributed by atoms with Crippen molar-refractivity contribution in [3.8, 4) is 0 Å². The number of rotatable bonds is 6. The minimum absolute atomic E-state index is 0.378. The van der Waals surface area contributed by atoms with Gasteiger partial charge in [0.15, 0.2) is 0 Å². The fourth-order valence-electron chi connectivity index (χ4n) is 1.99. The second-order valence-corrected chi connectivity index (χ2v) is 4.68. The Labute approximate surface area is 116 Å². The van der Waals surface area contributed by atoms with E-state index in [-0.39, 0.29) is 5.91 Å². The van der Waals surface area contributed by atoms with Gasteiger partial charge in [0.25, 0.3) is 5.91 Å². The average Bonchev–Trinajstić information content (AvgIpc) is 2.90. The summed E-state index contributed by atoms with van der Waals surface area (Å²) in [6, 6.07) is 4.24. The average molecular weight is 275 g/mol. The number of nitrogens with zero attached hydrogens (tertiary/aromatic N) is 1. The SMILES string of the molecule is CCCCC(NC(=O)c1ccc2[nH]ncc2c1)C(=O)O. The fraction of sp³-hybridized carbons (Fsp3) is 0.357. The zero-order valence-corrected chi connectivity index (χ0v) is 11.2. The Bertz CT molecular complexity index is 621. The number of aromatic amines is 1. The summed E-state index contributed by atoms with van der Waals surface area (Å²) in [5.41, 5.74) is 1.27. The summed E-state index contributed by atoms with van der Waals surface area (Å²) in [5, 5.41) is 19.2. The summed E-state index contributed by atoms with van der Waals surface area (Å²) in [7, 11) is 0. The second-order valence-electron chi connectivity index (χ2n) is 4.68. The van der Waals surface area contributed by atoms with Gasteiger partial charge in [-0.1, -0.05) is 19.8 Å². The Morgan fingerprint density at radius 1 is 1.45 bits per heavy atom. The molecule has 0 aliphatic heterocycles. The van der Waals surface area contributed by atoms with Crippen LogP contribution in [0.4, 0.5) is 0 Å². The molecule has 0 aliphatic rings. The van der Waals surface area contributed by atoms with Crippen molar-refractivity contribution >= 4 is 22.8 Å². The van der Waals surface area contributed by atoms with Crippen LogP contribution >= 0.6 is 0 Å². The van der Waals surface area contributed by atoms with Crippen molar-refractivity contribution in [3.05, 3.63) is 30.0 Å². The number of fused-ring (bicyclic) bond motifs is 1. The van der Waals surface area contributed by atoms with Crippen LogP contribution < -0.4 is 5.32 Å². The van der Waals surface area contributed by atoms with Gasteiger partial charge in [-0.05, 0) is 24.6 Å². The van der Waals surface area contributed by atoms with E-state index in [9.17, 15) is 9.59 Å². The Balaban J connectivity index is 2.10. The van der Waals surface area contributed by atoms with E-state index in [1.807, 2.05) is 6.92 Å². The van der Waals surface area contributed by atoms with Gasteiger partial charge in [-0.2, -0.15) is 5.10 Å². The maximum Gasteiger partial charge on any atom is 0.326 e. The number of carboxylic acids is 1. The number of aromatic nitrogens is 2. The normalized spacial score (nSPS) is 12.2. The van der Waals surface area contributed by atoms with Crippen LogP contribution in [-0.4, -0.2) is 33.2 Å². The maximum atomic E-state index is 12.1. The number of unbranched alkanes of at least 4 members (excludes halogenated alkanes) is 1. The second kappa shape index (κ2) is 6.18. The molecule has 0 saturated heterocycles. The highest BCUT2D eigenvalue weighted by molar-refractivity contribution is 5.99. The molecular weight excluding hydrogens is 258 g/mol. The number of aliphatic carboxylic acids is 1. The molecule has 0 radical (unpaired) electrons. The standard InChI is InChI=1S/C14H17N3O3/c1-2-3-4-12(14(19)20)16-13(18)9-5-6-11-10(7-9)8-15-17-11/h5-8,12H,2-4H2,1H3,(H,15,17)(H,16,18)(H,19,20). The van der Waals surface area contributed by atoms with Gasteiger partial charge >= 0.3 is 5.97 Å². The van der Waals surface area contributed by atoms with Crippen molar-refractivity contribution in [3.63, 3.8) is 0 Å². The monoisotopic (exact) mass is 275 g/mol. The van der Waals surface area contributed by atoms with E-state index in [1.54, 1.807) is 24.4 Å². The molecule has 20 heavy (non-hydrogen) atoms. The molecule has 6 nitrogen and oxygen atoms in total. The first-order chi connectivity index (χ1) is 9.61. The number of carboxylic acid groups (broad SMARTS) is 1. The van der Waals surface area contributed by atoms with Gasteiger partial charge in [-0.25, -0.2) is 4.79 Å². The van der Waals surface area contributed by atoms with E-state index in [0.717, 1.165) is 23.7 Å². The van der Waals surface area contributed by atoms with Crippen LogP contribution in [0.2, 0.25) is 0 Å². The lowest BCUT2D eigenvalue weighted by atomic mass is 10.1. The van der Waals surface area contributed by atoms with Gasteiger partial charge < -0.3 is 10.4 Å². The van der Waals surface area contributed by atoms with Gasteiger partial charge in [-0.3, -0.25) is 9.89 Å². The van der Waals surface area contributed by atoms with Crippen molar-refractivity contribution in [1.29, 1.82) is 0 Å². The molecule has 0 spiro atoms. The van der Waals surface area contributed by atoms with Crippen LogP contribution in [-0.2, 0) is 4.79 Å². The molecule has 0 aliphatic carbocycles. The quantitative estimate of drug-likeness (QED) is 0.750. The summed E-state index contributed by atoms with van der Waals surface area (Å²) in [6.07, 6.45) is 3.71. The molecule has 0 saturated carbocycles. The number of nitrogens with one attached hydrogen (secondary N) is 2. The third-order valence-corrected chi connectivity index (χ3v) is 3.15. The van der Waals surface area contributed by atoms with Crippen molar-refractivity contribution in [2.45, 2.75) is 32.2 Å². The lowest BCUT2D eigenvalue weighted by Crippen LogP contribution is -2.40. The van der Waals surface area contributed by atoms with Crippen LogP contribution in [0.3, 0.4) is 0 Å². The number of hydrogen-bond acceptors (Lipinski definition) is 3. The number of carbonyl (C=O) groups excluding carboxylic acids is 1. The van der Waals surface area contributed by atoms with E-state index in [1.165, 1.54) is 0 Å². The first-order valence-corrected chi connectivity index (χ1v) is 6.58. The zero-order chi connectivity index (χ0) is 14.5. The van der Waals surface area contributed by atoms with Crippen LogP contribution in [0.1, 0.15) is 36.5 Å². The van der Waals surface area contributed by atoms with Crippen molar-refractivity contribution in [2.75, 3.05) is 0 Å². The van der Waals surface area contributed by atoms with Gasteiger partial charge in [0.2, 0.25) is 0 Å². The predicted octanol–water partition coefficient (Wildman–Crippen LogP) is 1.94. The number of H-pyrrole nitrogens is 1. The van der Waals surface area contributed by atoms with Crippen molar-refractivity contribution in [2.24, 2.45) is 0 Å². The molecule has 1 amide bonds. The predicted molar refractivity (Wildman–Crippen MR) is 74.5 cm³/mol. The summed E-state index contributed by atoms with van der Waals surface area (Å²) in [5.74, 6) is -1.38. The van der Waals surface area contributed by atoms with E-state index in [0.29, 0.717) is 12.0 Å². The van der Waals surface area contributed by atoms with Crippen molar-refractivity contribution < 1.29 is 14.7 Å². The third kappa shape index (κ3) is 3.14. The first kappa shape index (κ1) is 14.0. The largest absolute Gasteiger partial charge is 0.480 e. The topological polar surface area (TPSA) is 95.1 Å². The van der Waals surface area contributed by atoms with Gasteiger partial charge in [0.05, 0.1) is 11.7 Å². The number of amides is 1. The Hall–Kier alpha value is -2.37. The molecule has 0 bridgehead atoms. The highest BCUT2D eigenvalue weighted by Gasteiger charge is 2.20. The third-order valence-electron chi connectivity index (χ3n) is 3.15. The minimum Gasteiger partial charge on any atom is -0.480 e. The van der Waals surface area contributed by atoms with Gasteiger partial charge in [-0.15, -0.1) is 0 Å². The summed E-state index contributed by atoms with van der Waals surface area (Å²) < 4.78 is 0. The van der Waals surface area contributed by atoms with Crippen LogP contribution in [0.25, 0.3) is 10.9 Å². The Morgan fingerprint density at radius 2 is 2.25 bits per heavy atom. The number of hydrogen-bond donors (Lipinski definition) is 3. The summed E-state index contributed by atoms with van der Waals surface area (Å²) in [4.78, 5) is 23.2. The lowest BCUT2D eigenvalue weighted by Gasteiger charge is -2.14. The molecule has 1 heterocycles. The van der Waals surface area contributed by atoms with E-state index in [4.69, 9.17) is 5.11 Å². The molecule has 1 unspecified atom stereocenters. The van der Waals surface area contributed by atoms with Crippen LogP contribution in [0.15, 0.2) is 24.4 Å². The lowest BCUT2D eigenvalue weighted by molar-refractivity contribution is -0.139. The van der Waals surface area contributed by atoms with E-state index >= 15 is 0 Å². The molecule has 2 aromatic rings. The van der Waals surface area contributed by atoms with Gasteiger partial charge in [0.1, 0.15) is 6.04 Å². The molecule has 3 N–H and O–H groups in total. The van der Waals surface area contributed by atoms with Crippen LogP contribution in [0.5, 0.6) is 0 Å². The first-order valence-electron chi connectivity index (χ1n) is 6.58. The zero-order valence-electron chi connectivity index (χ0n) is 11.2. The molecule has 2 rings (SSSR count). The van der Waals surface area contributed by atoms with Crippen molar-refractivity contribution in [1.82, 2.24) is 15.5 Å². The molecule has 6 heteroatoms. The van der Waals surface area contributed by atoms with Crippen LogP contribution in [0, 0.1) is 0 Å². The molecule has 1 aromatic heterocycles. The Morgan fingerprint density at radius 3 is 2.95 bits per heavy atom. The minimum atomic E-state index is -1.00. The Kier molecular flexibility index (Phi) is 4.34. The van der Waals surface area contributed by atoms with E-state index in [2.05, 4.69) is 15.5 Å². The molecule has 1 aromatic carbocycles. The molecule has 0 fully saturated rings. The number of benzene rings is 1. The summed E-state index contributed by atoms with van der Waals surface area (Å²) >= 11 is 0. The van der Waals surface area contributed by atoms with Gasteiger partial charge in [0, 0.05) is 10.9 Å². The number of carbonyl (C=O) groups is 2. The molecule has 106 valence electrons. The smallest absolute Gasteiger partial charge is 0.326 e. The highest BCUT2D eigenvalue weighted by atomic mass is 16.4. The highest BCUT2D eigenvalue weighted by Crippen LogP contribution is 2.13. The summed E-state index contributed by atoms with van der Waals surface area (Å²) in [6.45, 7) is 1.98. The maximum absolute atomic E-state index is 12.1. The fourth-order valence-corrected chi connectivity index (χ4v) is 1.99.